The summed E-state index contributed by atoms with van der Waals surface area (Å²) in [5, 5.41) is 10.2. The molecule has 1 aliphatic rings. The topological polar surface area (TPSA) is 66.3 Å². The van der Waals surface area contributed by atoms with Gasteiger partial charge in [0.2, 0.25) is 0 Å². The number of rotatable bonds is 3. The minimum atomic E-state index is -0.316. The number of hydrogen-bond donors (Lipinski definition) is 1. The van der Waals surface area contributed by atoms with Crippen molar-refractivity contribution in [3.8, 4) is 22.4 Å². The van der Waals surface area contributed by atoms with E-state index in [1.165, 1.54) is 0 Å². The van der Waals surface area contributed by atoms with Crippen molar-refractivity contribution in [3.63, 3.8) is 0 Å². The van der Waals surface area contributed by atoms with Gasteiger partial charge in [0, 0.05) is 47.7 Å². The Balaban J connectivity index is 1.60. The molecule has 1 N–H and O–H groups in total. The molecule has 0 bridgehead atoms. The molecule has 0 atom stereocenters. The van der Waals surface area contributed by atoms with E-state index in [4.69, 9.17) is 11.6 Å². The average Bonchev–Trinajstić information content (AvgIpc) is 2.78. The van der Waals surface area contributed by atoms with Gasteiger partial charge >= 0.3 is 0 Å². The molecule has 6 heteroatoms. The second-order valence-electron chi connectivity index (χ2n) is 9.33. The Morgan fingerprint density at radius 1 is 1.00 bits per heavy atom. The van der Waals surface area contributed by atoms with Crippen LogP contribution in [0, 0.1) is 0 Å². The van der Waals surface area contributed by atoms with Crippen LogP contribution in [0.2, 0.25) is 5.02 Å². The zero-order chi connectivity index (χ0) is 22.9. The summed E-state index contributed by atoms with van der Waals surface area (Å²) in [5.74, 6) is -0.0569. The first-order chi connectivity index (χ1) is 15.2. The van der Waals surface area contributed by atoms with Crippen molar-refractivity contribution in [2.24, 2.45) is 0 Å². The van der Waals surface area contributed by atoms with Crippen molar-refractivity contribution < 1.29 is 9.90 Å². The number of carbonyl (C=O) groups excluding carboxylic acids is 1. The summed E-state index contributed by atoms with van der Waals surface area (Å²) in [6.45, 7) is 7.56. The first kappa shape index (κ1) is 22.4. The minimum absolute atomic E-state index is 0.0377. The highest BCUT2D eigenvalue weighted by Gasteiger charge is 2.23. The van der Waals surface area contributed by atoms with Gasteiger partial charge in [0.05, 0.1) is 16.8 Å². The van der Waals surface area contributed by atoms with Crippen LogP contribution in [0.4, 0.5) is 0 Å². The Bertz CT molecular complexity index is 1130. The fourth-order valence-corrected chi connectivity index (χ4v) is 4.16. The van der Waals surface area contributed by atoms with Crippen molar-refractivity contribution in [2.75, 3.05) is 13.1 Å². The van der Waals surface area contributed by atoms with Crippen molar-refractivity contribution in [2.45, 2.75) is 45.1 Å². The summed E-state index contributed by atoms with van der Waals surface area (Å²) in [4.78, 5) is 23.6. The Morgan fingerprint density at radius 2 is 1.66 bits per heavy atom. The number of nitrogens with zero attached hydrogens (tertiary/aromatic N) is 3. The van der Waals surface area contributed by atoms with E-state index in [9.17, 15) is 9.90 Å². The van der Waals surface area contributed by atoms with Crippen LogP contribution in [0.25, 0.3) is 22.4 Å². The first-order valence-electron chi connectivity index (χ1n) is 10.9. The number of pyridine rings is 2. The fourth-order valence-electron chi connectivity index (χ4n) is 3.89. The quantitative estimate of drug-likeness (QED) is 0.584. The number of hydrogen-bond acceptors (Lipinski definition) is 4. The number of amides is 1. The summed E-state index contributed by atoms with van der Waals surface area (Å²) in [5.41, 5.74) is 5.18. The summed E-state index contributed by atoms with van der Waals surface area (Å²) < 4.78 is 0. The third-order valence-corrected chi connectivity index (χ3v) is 6.18. The number of benzene rings is 1. The van der Waals surface area contributed by atoms with E-state index in [1.54, 1.807) is 23.2 Å². The van der Waals surface area contributed by atoms with Gasteiger partial charge < -0.3 is 10.0 Å². The molecule has 0 radical (unpaired) electrons. The molecule has 1 amide bonds. The van der Waals surface area contributed by atoms with Crippen molar-refractivity contribution >= 4 is 17.5 Å². The molecular formula is C26H28ClN3O2. The normalized spacial score (nSPS) is 15.1. The van der Waals surface area contributed by atoms with Crippen molar-refractivity contribution in [3.05, 3.63) is 71.1 Å². The molecule has 4 rings (SSSR count). The maximum Gasteiger partial charge on any atom is 0.253 e. The van der Waals surface area contributed by atoms with Crippen LogP contribution in [0.1, 0.15) is 49.7 Å². The van der Waals surface area contributed by atoms with E-state index >= 15 is 0 Å². The molecule has 3 aromatic rings. The lowest BCUT2D eigenvalue weighted by atomic mass is 9.90. The van der Waals surface area contributed by atoms with Gasteiger partial charge in [-0.05, 0) is 60.4 Å². The fraction of sp³-hybridized carbons (Fsp3) is 0.346. The minimum Gasteiger partial charge on any atom is -0.393 e. The zero-order valence-corrected chi connectivity index (χ0v) is 19.4. The number of piperidine rings is 1. The van der Waals surface area contributed by atoms with Gasteiger partial charge in [0.15, 0.2) is 0 Å². The Hall–Kier alpha value is -2.76. The van der Waals surface area contributed by atoms with Gasteiger partial charge in [0.1, 0.15) is 0 Å². The zero-order valence-electron chi connectivity index (χ0n) is 18.7. The predicted octanol–water partition coefficient (Wildman–Crippen LogP) is 5.36. The van der Waals surface area contributed by atoms with E-state index in [1.807, 2.05) is 30.5 Å². The molecule has 0 aliphatic carbocycles. The van der Waals surface area contributed by atoms with Crippen molar-refractivity contribution in [1.29, 1.82) is 0 Å². The molecule has 3 heterocycles. The standard InChI is InChI=1S/C26H28ClN3O2/c1-26(2,3)24-16-18(7-11-29-24)17-6-10-28-23(15-17)21-5-4-19(14-22(21)27)25(32)30-12-8-20(31)9-13-30/h4-7,10-11,14-16,20,31H,8-9,12-13H2,1-3H3. The average molecular weight is 450 g/mol. The Labute approximate surface area is 194 Å². The molecule has 32 heavy (non-hydrogen) atoms. The summed E-state index contributed by atoms with van der Waals surface area (Å²) in [7, 11) is 0. The first-order valence-corrected chi connectivity index (χ1v) is 11.3. The lowest BCUT2D eigenvalue weighted by Gasteiger charge is -2.29. The summed E-state index contributed by atoms with van der Waals surface area (Å²) >= 11 is 6.59. The number of halogens is 1. The van der Waals surface area contributed by atoms with E-state index in [0.29, 0.717) is 36.5 Å². The number of aliphatic hydroxyl groups excluding tert-OH is 1. The lowest BCUT2D eigenvalue weighted by Crippen LogP contribution is -2.40. The molecular weight excluding hydrogens is 422 g/mol. The third-order valence-electron chi connectivity index (χ3n) is 5.87. The van der Waals surface area contributed by atoms with Gasteiger partial charge in [0.25, 0.3) is 5.91 Å². The maximum atomic E-state index is 12.8. The SMILES string of the molecule is CC(C)(C)c1cc(-c2ccnc(-c3ccc(C(=O)N4CCC(O)CC4)cc3Cl)c2)ccn1. The van der Waals surface area contributed by atoms with Crippen LogP contribution >= 0.6 is 11.6 Å². The smallest absolute Gasteiger partial charge is 0.253 e. The molecule has 5 nitrogen and oxygen atoms in total. The second-order valence-corrected chi connectivity index (χ2v) is 9.73. The van der Waals surface area contributed by atoms with Crippen LogP contribution in [-0.2, 0) is 5.41 Å². The van der Waals surface area contributed by atoms with Crippen LogP contribution < -0.4 is 0 Å². The molecule has 0 unspecified atom stereocenters. The van der Waals surface area contributed by atoms with Gasteiger partial charge in [-0.2, -0.15) is 0 Å². The van der Waals surface area contributed by atoms with Crippen LogP contribution in [-0.4, -0.2) is 45.1 Å². The van der Waals surface area contributed by atoms with Crippen LogP contribution in [0.5, 0.6) is 0 Å². The molecule has 0 saturated carbocycles. The molecule has 1 aliphatic heterocycles. The highest BCUT2D eigenvalue weighted by molar-refractivity contribution is 6.33. The number of carbonyl (C=O) groups is 1. The van der Waals surface area contributed by atoms with E-state index < -0.39 is 0 Å². The highest BCUT2D eigenvalue weighted by Crippen LogP contribution is 2.32. The van der Waals surface area contributed by atoms with Crippen LogP contribution in [0.3, 0.4) is 0 Å². The van der Waals surface area contributed by atoms with Gasteiger partial charge in [-0.25, -0.2) is 0 Å². The molecule has 1 fully saturated rings. The number of aliphatic hydroxyl groups is 1. The number of aromatic nitrogens is 2. The molecule has 0 spiro atoms. The molecule has 166 valence electrons. The van der Waals surface area contributed by atoms with Crippen LogP contribution in [0.15, 0.2) is 54.9 Å². The van der Waals surface area contributed by atoms with Gasteiger partial charge in [-0.3, -0.25) is 14.8 Å². The Morgan fingerprint density at radius 3 is 2.31 bits per heavy atom. The van der Waals surface area contributed by atoms with Gasteiger partial charge in [-0.1, -0.05) is 38.4 Å². The lowest BCUT2D eigenvalue weighted by molar-refractivity contribution is 0.0546. The van der Waals surface area contributed by atoms with E-state index in [-0.39, 0.29) is 17.4 Å². The van der Waals surface area contributed by atoms with Crippen molar-refractivity contribution in [1.82, 2.24) is 14.9 Å². The summed E-state index contributed by atoms with van der Waals surface area (Å²) in [6, 6.07) is 13.5. The highest BCUT2D eigenvalue weighted by atomic mass is 35.5. The third kappa shape index (κ3) is 4.84. The number of likely N-dealkylation sites (tertiary alicyclic amines) is 1. The Kier molecular flexibility index (Phi) is 6.31. The molecule has 1 saturated heterocycles. The molecule has 1 aromatic carbocycles. The van der Waals surface area contributed by atoms with E-state index in [0.717, 1.165) is 28.1 Å². The second kappa shape index (κ2) is 9.00. The van der Waals surface area contributed by atoms with E-state index in [2.05, 4.69) is 36.8 Å². The molecule has 2 aromatic heterocycles. The maximum absolute atomic E-state index is 12.8. The van der Waals surface area contributed by atoms with Gasteiger partial charge in [-0.15, -0.1) is 0 Å². The summed E-state index contributed by atoms with van der Waals surface area (Å²) in [6.07, 6.45) is 4.52. The largest absolute Gasteiger partial charge is 0.393 e. The predicted molar refractivity (Wildman–Crippen MR) is 128 cm³/mol. The monoisotopic (exact) mass is 449 g/mol.